The molecule has 2 aromatic carbocycles. The Bertz CT molecular complexity index is 975. The summed E-state index contributed by atoms with van der Waals surface area (Å²) in [5.74, 6) is -0.386. The van der Waals surface area contributed by atoms with Crippen LogP contribution in [0.5, 0.6) is 11.5 Å². The number of phenolic OH excluding ortho intramolecular Hbond substituents is 1. The lowest BCUT2D eigenvalue weighted by atomic mass is 9.97. The zero-order valence-electron chi connectivity index (χ0n) is 13.6. The molecule has 0 bridgehead atoms. The molecule has 5 nitrogen and oxygen atoms in total. The molecule has 0 saturated carbocycles. The third-order valence-electron chi connectivity index (χ3n) is 3.81. The fraction of sp³-hybridized carbons (Fsp3) is 0.167. The van der Waals surface area contributed by atoms with Gasteiger partial charge in [-0.15, -0.1) is 0 Å². The Morgan fingerprint density at radius 3 is 2.60 bits per heavy atom. The zero-order valence-corrected chi connectivity index (χ0v) is 14.4. The van der Waals surface area contributed by atoms with Gasteiger partial charge < -0.3 is 9.29 Å². The molecule has 130 valence electrons. The van der Waals surface area contributed by atoms with E-state index in [-0.39, 0.29) is 23.2 Å². The SMILES string of the molecule is CC(C)c1c(O)cc(-c2ccc3cc(F)ccc3n2)cc1OS(=O)O. The van der Waals surface area contributed by atoms with Gasteiger partial charge in [0.15, 0.2) is 0 Å². The molecule has 25 heavy (non-hydrogen) atoms. The summed E-state index contributed by atoms with van der Waals surface area (Å²) >= 11 is -2.51. The fourth-order valence-corrected chi connectivity index (χ4v) is 3.03. The number of benzene rings is 2. The molecule has 2 N–H and O–H groups in total. The van der Waals surface area contributed by atoms with Gasteiger partial charge in [0.1, 0.15) is 17.3 Å². The molecule has 0 fully saturated rings. The average molecular weight is 361 g/mol. The number of fused-ring (bicyclic) bond motifs is 1. The molecule has 3 rings (SSSR count). The maximum atomic E-state index is 13.3. The molecule has 1 heterocycles. The number of hydrogen-bond donors (Lipinski definition) is 2. The summed E-state index contributed by atoms with van der Waals surface area (Å²) in [5, 5.41) is 11.0. The molecule has 1 aromatic heterocycles. The molecule has 0 aliphatic carbocycles. The summed E-state index contributed by atoms with van der Waals surface area (Å²) in [6.07, 6.45) is 0. The minimum absolute atomic E-state index is 0.0473. The van der Waals surface area contributed by atoms with Gasteiger partial charge in [-0.1, -0.05) is 19.9 Å². The van der Waals surface area contributed by atoms with Crippen LogP contribution in [0.1, 0.15) is 25.3 Å². The number of hydrogen-bond acceptors (Lipinski definition) is 4. The third-order valence-corrected chi connectivity index (χ3v) is 4.13. The highest BCUT2D eigenvalue weighted by Crippen LogP contribution is 2.39. The summed E-state index contributed by atoms with van der Waals surface area (Å²) in [6.45, 7) is 3.68. The molecular formula is C18H16FNO4S. The van der Waals surface area contributed by atoms with Crippen molar-refractivity contribution in [1.82, 2.24) is 4.98 Å². The van der Waals surface area contributed by atoms with Crippen LogP contribution in [0.4, 0.5) is 4.39 Å². The first-order valence-electron chi connectivity index (χ1n) is 7.58. The van der Waals surface area contributed by atoms with E-state index in [4.69, 9.17) is 8.74 Å². The lowest BCUT2D eigenvalue weighted by molar-refractivity contribution is 0.439. The second-order valence-electron chi connectivity index (χ2n) is 5.90. The largest absolute Gasteiger partial charge is 0.507 e. The van der Waals surface area contributed by atoms with Gasteiger partial charge in [-0.25, -0.2) is 9.37 Å². The second-order valence-corrected chi connectivity index (χ2v) is 6.50. The van der Waals surface area contributed by atoms with E-state index < -0.39 is 11.4 Å². The predicted octanol–water partition coefficient (Wildman–Crippen LogP) is 4.39. The highest BCUT2D eigenvalue weighted by Gasteiger charge is 2.18. The number of aromatic nitrogens is 1. The van der Waals surface area contributed by atoms with Gasteiger partial charge in [0, 0.05) is 16.5 Å². The third kappa shape index (κ3) is 3.62. The van der Waals surface area contributed by atoms with Crippen LogP contribution in [0.3, 0.4) is 0 Å². The summed E-state index contributed by atoms with van der Waals surface area (Å²) in [7, 11) is 0. The van der Waals surface area contributed by atoms with Crippen molar-refractivity contribution >= 4 is 22.3 Å². The van der Waals surface area contributed by atoms with Crippen molar-refractivity contribution in [1.29, 1.82) is 0 Å². The first-order valence-corrected chi connectivity index (χ1v) is 8.61. The average Bonchev–Trinajstić information content (AvgIpc) is 2.52. The van der Waals surface area contributed by atoms with E-state index in [2.05, 4.69) is 4.98 Å². The Labute approximate surface area is 146 Å². The summed E-state index contributed by atoms with van der Waals surface area (Å²) in [4.78, 5) is 4.45. The molecule has 1 atom stereocenters. The Balaban J connectivity index is 2.15. The van der Waals surface area contributed by atoms with Crippen LogP contribution in [0.15, 0.2) is 42.5 Å². The topological polar surface area (TPSA) is 79.7 Å². The van der Waals surface area contributed by atoms with Crippen LogP contribution >= 0.6 is 0 Å². The van der Waals surface area contributed by atoms with E-state index in [0.29, 0.717) is 27.7 Å². The Kier molecular flexibility index (Phi) is 4.69. The molecule has 0 saturated heterocycles. The molecule has 0 radical (unpaired) electrons. The molecule has 3 aromatic rings. The van der Waals surface area contributed by atoms with Crippen molar-refractivity contribution in [3.8, 4) is 22.8 Å². The number of phenols is 1. The van der Waals surface area contributed by atoms with Crippen LogP contribution < -0.4 is 4.18 Å². The number of pyridine rings is 1. The monoisotopic (exact) mass is 361 g/mol. The summed E-state index contributed by atoms with van der Waals surface area (Å²) in [5.41, 5.74) is 2.08. The standard InChI is InChI=1S/C18H16FNO4S/c1-10(2)18-16(21)8-12(9-17(18)24-25(22)23)15-5-3-11-7-13(19)4-6-14(11)20-15/h3-10,21H,1-2H3,(H,22,23). The lowest BCUT2D eigenvalue weighted by Crippen LogP contribution is -2.03. The van der Waals surface area contributed by atoms with E-state index in [1.165, 1.54) is 18.2 Å². The van der Waals surface area contributed by atoms with E-state index in [1.807, 2.05) is 13.8 Å². The van der Waals surface area contributed by atoms with Gasteiger partial charge >= 0.3 is 11.4 Å². The molecule has 1 unspecified atom stereocenters. The van der Waals surface area contributed by atoms with Crippen molar-refractivity contribution in [2.75, 3.05) is 0 Å². The fourth-order valence-electron chi connectivity index (χ4n) is 2.74. The van der Waals surface area contributed by atoms with Crippen LogP contribution in [-0.4, -0.2) is 18.9 Å². The molecule has 0 amide bonds. The van der Waals surface area contributed by atoms with Gasteiger partial charge in [-0.05, 0) is 42.3 Å². The molecular weight excluding hydrogens is 345 g/mol. The van der Waals surface area contributed by atoms with Crippen molar-refractivity contribution < 1.29 is 22.4 Å². The maximum Gasteiger partial charge on any atom is 0.357 e. The number of aromatic hydroxyl groups is 1. The molecule has 0 spiro atoms. The van der Waals surface area contributed by atoms with Crippen LogP contribution in [0.2, 0.25) is 0 Å². The van der Waals surface area contributed by atoms with Crippen molar-refractivity contribution in [2.45, 2.75) is 19.8 Å². The van der Waals surface area contributed by atoms with E-state index in [0.717, 1.165) is 0 Å². The second kappa shape index (κ2) is 6.78. The van der Waals surface area contributed by atoms with E-state index in [1.54, 1.807) is 24.3 Å². The van der Waals surface area contributed by atoms with E-state index in [9.17, 15) is 13.7 Å². The quantitative estimate of drug-likeness (QED) is 0.674. The molecule has 0 aliphatic rings. The molecule has 7 heteroatoms. The first-order chi connectivity index (χ1) is 11.8. The van der Waals surface area contributed by atoms with Crippen molar-refractivity contribution in [3.63, 3.8) is 0 Å². The van der Waals surface area contributed by atoms with E-state index >= 15 is 0 Å². The minimum Gasteiger partial charge on any atom is -0.507 e. The lowest BCUT2D eigenvalue weighted by Gasteiger charge is -2.15. The Morgan fingerprint density at radius 2 is 1.92 bits per heavy atom. The smallest absolute Gasteiger partial charge is 0.357 e. The normalized spacial score (nSPS) is 12.5. The minimum atomic E-state index is -2.51. The predicted molar refractivity (Wildman–Crippen MR) is 94.3 cm³/mol. The Hall–Kier alpha value is -2.51. The van der Waals surface area contributed by atoms with Gasteiger partial charge in [0.2, 0.25) is 0 Å². The van der Waals surface area contributed by atoms with Gasteiger partial charge in [-0.3, -0.25) is 4.55 Å². The van der Waals surface area contributed by atoms with Gasteiger partial charge in [0.05, 0.1) is 11.2 Å². The molecule has 0 aliphatic heterocycles. The van der Waals surface area contributed by atoms with Crippen LogP contribution in [0, 0.1) is 5.82 Å². The summed E-state index contributed by atoms with van der Waals surface area (Å²) < 4.78 is 38.3. The number of rotatable bonds is 4. The van der Waals surface area contributed by atoms with Crippen molar-refractivity contribution in [2.24, 2.45) is 0 Å². The first kappa shape index (κ1) is 17.3. The summed E-state index contributed by atoms with van der Waals surface area (Å²) in [6, 6.07) is 10.8. The van der Waals surface area contributed by atoms with Crippen molar-refractivity contribution in [3.05, 3.63) is 53.8 Å². The van der Waals surface area contributed by atoms with Crippen LogP contribution in [-0.2, 0) is 11.4 Å². The highest BCUT2D eigenvalue weighted by molar-refractivity contribution is 7.74. The number of nitrogens with zero attached hydrogens (tertiary/aromatic N) is 1. The van der Waals surface area contributed by atoms with Gasteiger partial charge in [0.25, 0.3) is 0 Å². The number of halogens is 1. The Morgan fingerprint density at radius 1 is 1.16 bits per heavy atom. The maximum absolute atomic E-state index is 13.3. The highest BCUT2D eigenvalue weighted by atomic mass is 32.2. The van der Waals surface area contributed by atoms with Crippen LogP contribution in [0.25, 0.3) is 22.2 Å². The zero-order chi connectivity index (χ0) is 18.1. The van der Waals surface area contributed by atoms with Gasteiger partial charge in [-0.2, -0.15) is 4.21 Å².